The molecular formula is C13H22N2O4. The first-order chi connectivity index (χ1) is 8.83. The molecule has 2 N–H and O–H groups in total. The highest BCUT2D eigenvalue weighted by Crippen LogP contribution is 2.11. The van der Waals surface area contributed by atoms with E-state index in [1.807, 2.05) is 19.9 Å². The van der Waals surface area contributed by atoms with Gasteiger partial charge in [0.05, 0.1) is 13.2 Å². The van der Waals surface area contributed by atoms with E-state index in [1.165, 1.54) is 7.11 Å². The molecule has 19 heavy (non-hydrogen) atoms. The van der Waals surface area contributed by atoms with E-state index >= 15 is 0 Å². The zero-order valence-corrected chi connectivity index (χ0v) is 11.8. The average Bonchev–Trinajstić information content (AvgIpc) is 2.33. The summed E-state index contributed by atoms with van der Waals surface area (Å²) < 4.78 is 4.60. The van der Waals surface area contributed by atoms with Crippen molar-refractivity contribution in [2.24, 2.45) is 11.8 Å². The normalized spacial score (nSPS) is 15.2. The van der Waals surface area contributed by atoms with Crippen LogP contribution >= 0.6 is 0 Å². The van der Waals surface area contributed by atoms with Crippen LogP contribution in [-0.2, 0) is 14.3 Å². The number of amides is 1. The van der Waals surface area contributed by atoms with Crippen LogP contribution in [-0.4, -0.2) is 36.2 Å². The van der Waals surface area contributed by atoms with Crippen LogP contribution in [0, 0.1) is 23.2 Å². The van der Waals surface area contributed by atoms with Gasteiger partial charge >= 0.3 is 5.97 Å². The molecule has 0 aromatic rings. The first-order valence-corrected chi connectivity index (χ1v) is 6.26. The Morgan fingerprint density at radius 3 is 2.37 bits per heavy atom. The van der Waals surface area contributed by atoms with Crippen molar-refractivity contribution in [3.63, 3.8) is 0 Å². The Morgan fingerprint density at radius 1 is 1.37 bits per heavy atom. The van der Waals surface area contributed by atoms with E-state index in [9.17, 15) is 14.7 Å². The van der Waals surface area contributed by atoms with Gasteiger partial charge in [0.1, 0.15) is 12.1 Å². The number of aliphatic hydroxyl groups excluding tert-OH is 1. The fourth-order valence-corrected chi connectivity index (χ4v) is 1.63. The van der Waals surface area contributed by atoms with E-state index < -0.39 is 24.0 Å². The lowest BCUT2D eigenvalue weighted by atomic mass is 9.98. The van der Waals surface area contributed by atoms with E-state index in [0.717, 1.165) is 0 Å². The molecule has 0 aromatic carbocycles. The van der Waals surface area contributed by atoms with Crippen LogP contribution in [0.15, 0.2) is 0 Å². The molecule has 0 aromatic heterocycles. The number of esters is 1. The predicted molar refractivity (Wildman–Crippen MR) is 68.8 cm³/mol. The van der Waals surface area contributed by atoms with Crippen molar-refractivity contribution in [1.29, 1.82) is 5.26 Å². The quantitative estimate of drug-likeness (QED) is 0.660. The summed E-state index contributed by atoms with van der Waals surface area (Å²) in [6.07, 6.45) is -0.742. The zero-order valence-electron chi connectivity index (χ0n) is 11.8. The number of aliphatic hydroxyl groups is 1. The molecule has 6 heteroatoms. The van der Waals surface area contributed by atoms with Crippen LogP contribution in [0.3, 0.4) is 0 Å². The van der Waals surface area contributed by atoms with E-state index in [0.29, 0.717) is 6.42 Å². The number of hydrogen-bond acceptors (Lipinski definition) is 5. The molecular weight excluding hydrogens is 248 g/mol. The molecule has 0 spiro atoms. The first-order valence-electron chi connectivity index (χ1n) is 6.26. The lowest BCUT2D eigenvalue weighted by Gasteiger charge is -2.23. The Morgan fingerprint density at radius 2 is 1.95 bits per heavy atom. The molecule has 0 heterocycles. The van der Waals surface area contributed by atoms with E-state index in [2.05, 4.69) is 10.1 Å². The summed E-state index contributed by atoms with van der Waals surface area (Å²) >= 11 is 0. The van der Waals surface area contributed by atoms with Crippen molar-refractivity contribution >= 4 is 11.9 Å². The SMILES string of the molecule is COC(=O)[C@H](NC(=O)[C@@H](O)CC(C)C)[C@H](C)CC#N. The highest BCUT2D eigenvalue weighted by Gasteiger charge is 2.29. The molecule has 6 nitrogen and oxygen atoms in total. The Labute approximate surface area is 113 Å². The minimum absolute atomic E-state index is 0.111. The monoisotopic (exact) mass is 270 g/mol. The molecule has 3 atom stereocenters. The number of ether oxygens (including phenoxy) is 1. The topological polar surface area (TPSA) is 99.4 Å². The molecule has 108 valence electrons. The molecule has 0 aliphatic carbocycles. The van der Waals surface area contributed by atoms with Crippen molar-refractivity contribution in [1.82, 2.24) is 5.32 Å². The number of carbonyl (C=O) groups excluding carboxylic acids is 2. The van der Waals surface area contributed by atoms with Gasteiger partial charge in [-0.05, 0) is 12.3 Å². The van der Waals surface area contributed by atoms with Crippen LogP contribution in [0.1, 0.15) is 33.6 Å². The van der Waals surface area contributed by atoms with Crippen molar-refractivity contribution < 1.29 is 19.4 Å². The maximum atomic E-state index is 11.8. The predicted octanol–water partition coefficient (Wildman–Crippen LogP) is 0.601. The molecule has 0 saturated heterocycles. The van der Waals surface area contributed by atoms with Crippen LogP contribution in [0.4, 0.5) is 0 Å². The molecule has 1 amide bonds. The van der Waals surface area contributed by atoms with Gasteiger partial charge in [0, 0.05) is 12.3 Å². The minimum atomic E-state index is -1.17. The number of hydrogen-bond donors (Lipinski definition) is 2. The van der Waals surface area contributed by atoms with Crippen molar-refractivity contribution in [2.45, 2.75) is 45.8 Å². The zero-order chi connectivity index (χ0) is 15.0. The Balaban J connectivity index is 4.69. The Bertz CT molecular complexity index is 349. The summed E-state index contributed by atoms with van der Waals surface area (Å²) in [5, 5.41) is 20.8. The van der Waals surface area contributed by atoms with Crippen molar-refractivity contribution in [3.8, 4) is 6.07 Å². The third-order valence-electron chi connectivity index (χ3n) is 2.73. The summed E-state index contributed by atoms with van der Waals surface area (Å²) in [7, 11) is 1.21. The number of nitrogens with zero attached hydrogens (tertiary/aromatic N) is 1. The van der Waals surface area contributed by atoms with Crippen LogP contribution in [0.2, 0.25) is 0 Å². The molecule has 0 rings (SSSR count). The summed E-state index contributed by atoms with van der Waals surface area (Å²) in [5.74, 6) is -1.46. The van der Waals surface area contributed by atoms with Gasteiger partial charge in [0.2, 0.25) is 5.91 Å². The number of carbonyl (C=O) groups is 2. The standard InChI is InChI=1S/C13H22N2O4/c1-8(2)7-10(16)12(17)15-11(13(18)19-4)9(3)5-6-14/h8-11,16H,5,7H2,1-4H3,(H,15,17)/t9-,10+,11-/m1/s1. The van der Waals surface area contributed by atoms with Crippen LogP contribution < -0.4 is 5.32 Å². The van der Waals surface area contributed by atoms with Gasteiger partial charge in [-0.3, -0.25) is 4.79 Å². The summed E-state index contributed by atoms with van der Waals surface area (Å²) in [4.78, 5) is 23.3. The third-order valence-corrected chi connectivity index (χ3v) is 2.73. The summed E-state index contributed by atoms with van der Waals surface area (Å²) in [6.45, 7) is 5.43. The highest BCUT2D eigenvalue weighted by atomic mass is 16.5. The van der Waals surface area contributed by atoms with E-state index in [4.69, 9.17) is 5.26 Å². The minimum Gasteiger partial charge on any atom is -0.467 e. The Kier molecular flexibility index (Phi) is 7.77. The fraction of sp³-hybridized carbons (Fsp3) is 0.769. The van der Waals surface area contributed by atoms with E-state index in [-0.39, 0.29) is 18.3 Å². The molecule has 0 bridgehead atoms. The summed E-state index contributed by atoms with van der Waals surface area (Å²) in [6, 6.07) is 1.02. The molecule has 0 aliphatic rings. The molecule has 0 aliphatic heterocycles. The third kappa shape index (κ3) is 6.20. The largest absolute Gasteiger partial charge is 0.467 e. The van der Waals surface area contributed by atoms with Crippen molar-refractivity contribution in [2.75, 3.05) is 7.11 Å². The number of rotatable bonds is 7. The van der Waals surface area contributed by atoms with Gasteiger partial charge in [-0.15, -0.1) is 0 Å². The van der Waals surface area contributed by atoms with Crippen molar-refractivity contribution in [3.05, 3.63) is 0 Å². The van der Waals surface area contributed by atoms with E-state index in [1.54, 1.807) is 6.92 Å². The van der Waals surface area contributed by atoms with Gasteiger partial charge in [0.15, 0.2) is 0 Å². The average molecular weight is 270 g/mol. The number of nitrogens with one attached hydrogen (secondary N) is 1. The second-order valence-corrected chi connectivity index (χ2v) is 4.99. The lowest BCUT2D eigenvalue weighted by molar-refractivity contribution is -0.147. The fourth-order valence-electron chi connectivity index (χ4n) is 1.63. The second-order valence-electron chi connectivity index (χ2n) is 4.99. The second kappa shape index (κ2) is 8.48. The summed E-state index contributed by atoms with van der Waals surface area (Å²) in [5.41, 5.74) is 0. The molecule has 0 unspecified atom stereocenters. The molecule has 0 radical (unpaired) electrons. The Hall–Kier alpha value is -1.61. The van der Waals surface area contributed by atoms with Crippen LogP contribution in [0.5, 0.6) is 0 Å². The molecule has 0 fully saturated rings. The number of nitriles is 1. The number of methoxy groups -OCH3 is 1. The van der Waals surface area contributed by atoms with Gasteiger partial charge in [0.25, 0.3) is 0 Å². The first kappa shape index (κ1) is 17.4. The maximum absolute atomic E-state index is 11.8. The van der Waals surface area contributed by atoms with Gasteiger partial charge in [-0.25, -0.2) is 4.79 Å². The highest BCUT2D eigenvalue weighted by molar-refractivity contribution is 5.86. The van der Waals surface area contributed by atoms with Gasteiger partial charge in [-0.1, -0.05) is 20.8 Å². The smallest absolute Gasteiger partial charge is 0.328 e. The maximum Gasteiger partial charge on any atom is 0.328 e. The lowest BCUT2D eigenvalue weighted by Crippen LogP contribution is -2.49. The van der Waals surface area contributed by atoms with Crippen LogP contribution in [0.25, 0.3) is 0 Å². The van der Waals surface area contributed by atoms with Gasteiger partial charge < -0.3 is 15.2 Å². The molecule has 0 saturated carbocycles. The van der Waals surface area contributed by atoms with Gasteiger partial charge in [-0.2, -0.15) is 5.26 Å².